The molecule has 1 unspecified atom stereocenters. The second-order valence-corrected chi connectivity index (χ2v) is 6.17. The van der Waals surface area contributed by atoms with Crippen LogP contribution in [0.15, 0.2) is 16.8 Å². The largest absolute Gasteiger partial charge is 0.480 e. The van der Waals surface area contributed by atoms with Gasteiger partial charge in [0.2, 0.25) is 0 Å². The molecule has 2 aromatic heterocycles. The molecule has 2 rings (SSSR count). The van der Waals surface area contributed by atoms with E-state index in [1.165, 1.54) is 11.5 Å². The van der Waals surface area contributed by atoms with Gasteiger partial charge in [0.05, 0.1) is 5.69 Å². The minimum atomic E-state index is -0.815. The first-order valence-electron chi connectivity index (χ1n) is 5.97. The molecule has 102 valence electrons. The minimum Gasteiger partial charge on any atom is -0.480 e. The third-order valence-electron chi connectivity index (χ3n) is 3.02. The van der Waals surface area contributed by atoms with Crippen LogP contribution < -0.4 is 5.32 Å². The smallest absolute Gasteiger partial charge is 0.321 e. The first kappa shape index (κ1) is 14.2. The normalized spacial score (nSPS) is 12.5. The van der Waals surface area contributed by atoms with E-state index in [1.54, 1.807) is 11.3 Å². The number of aromatic nitrogens is 1. The van der Waals surface area contributed by atoms with Crippen molar-refractivity contribution in [2.45, 2.75) is 32.9 Å². The van der Waals surface area contributed by atoms with Crippen LogP contribution in [0.1, 0.15) is 21.7 Å². The van der Waals surface area contributed by atoms with Gasteiger partial charge in [-0.2, -0.15) is 15.7 Å². The second-order valence-electron chi connectivity index (χ2n) is 4.41. The lowest BCUT2D eigenvalue weighted by Crippen LogP contribution is -2.38. The Balaban J connectivity index is 2.00. The third-order valence-corrected chi connectivity index (χ3v) is 4.64. The summed E-state index contributed by atoms with van der Waals surface area (Å²) in [5.74, 6) is -0.815. The van der Waals surface area contributed by atoms with Gasteiger partial charge in [0.15, 0.2) is 0 Å². The summed E-state index contributed by atoms with van der Waals surface area (Å²) >= 11 is 3.05. The maximum absolute atomic E-state index is 11.3. The predicted octanol–water partition coefficient (Wildman–Crippen LogP) is 2.61. The number of rotatable bonds is 6. The first-order chi connectivity index (χ1) is 9.08. The standard InChI is InChI=1S/C13H16N2O2S2/c1-8-11(9(2)19-15-8)6-14-12(13(16)17)5-10-3-4-18-7-10/h3-4,7,12,14H,5-6H2,1-2H3,(H,16,17). The van der Waals surface area contributed by atoms with E-state index in [1.807, 2.05) is 30.7 Å². The molecule has 0 saturated heterocycles. The number of carbonyl (C=O) groups is 1. The molecule has 6 heteroatoms. The van der Waals surface area contributed by atoms with Crippen molar-refractivity contribution >= 4 is 28.8 Å². The van der Waals surface area contributed by atoms with Crippen molar-refractivity contribution in [1.29, 1.82) is 0 Å². The summed E-state index contributed by atoms with van der Waals surface area (Å²) in [7, 11) is 0. The van der Waals surface area contributed by atoms with Crippen molar-refractivity contribution in [2.24, 2.45) is 0 Å². The maximum Gasteiger partial charge on any atom is 0.321 e. The summed E-state index contributed by atoms with van der Waals surface area (Å²) in [5, 5.41) is 16.3. The van der Waals surface area contributed by atoms with Gasteiger partial charge in [-0.25, -0.2) is 0 Å². The Hall–Kier alpha value is -1.24. The van der Waals surface area contributed by atoms with Crippen LogP contribution in [-0.4, -0.2) is 21.5 Å². The van der Waals surface area contributed by atoms with Crippen LogP contribution in [-0.2, 0) is 17.8 Å². The number of thiophene rings is 1. The fourth-order valence-corrected chi connectivity index (χ4v) is 3.27. The number of nitrogens with zero attached hydrogens (tertiary/aromatic N) is 1. The first-order valence-corrected chi connectivity index (χ1v) is 7.68. The number of hydrogen-bond acceptors (Lipinski definition) is 5. The second kappa shape index (κ2) is 6.27. The molecule has 0 spiro atoms. The molecule has 0 aliphatic heterocycles. The van der Waals surface area contributed by atoms with E-state index in [-0.39, 0.29) is 0 Å². The molecule has 2 aromatic rings. The Morgan fingerprint density at radius 3 is 2.84 bits per heavy atom. The lowest BCUT2D eigenvalue weighted by molar-refractivity contribution is -0.139. The maximum atomic E-state index is 11.3. The number of hydrogen-bond donors (Lipinski definition) is 2. The van der Waals surface area contributed by atoms with Gasteiger partial charge in [-0.05, 0) is 54.2 Å². The van der Waals surface area contributed by atoms with Crippen molar-refractivity contribution in [3.63, 3.8) is 0 Å². The Bertz CT molecular complexity index is 529. The van der Waals surface area contributed by atoms with Gasteiger partial charge >= 0.3 is 5.97 Å². The van der Waals surface area contributed by atoms with E-state index in [0.29, 0.717) is 13.0 Å². The Morgan fingerprint density at radius 1 is 1.53 bits per heavy atom. The molecular formula is C13H16N2O2S2. The van der Waals surface area contributed by atoms with Crippen molar-refractivity contribution in [1.82, 2.24) is 9.69 Å². The van der Waals surface area contributed by atoms with Crippen LogP contribution in [0.2, 0.25) is 0 Å². The molecular weight excluding hydrogens is 280 g/mol. The Labute approximate surface area is 120 Å². The monoisotopic (exact) mass is 296 g/mol. The highest BCUT2D eigenvalue weighted by Gasteiger charge is 2.18. The van der Waals surface area contributed by atoms with Crippen molar-refractivity contribution < 1.29 is 9.90 Å². The van der Waals surface area contributed by atoms with Crippen LogP contribution in [0.4, 0.5) is 0 Å². The zero-order chi connectivity index (χ0) is 13.8. The Kier molecular flexibility index (Phi) is 4.68. The molecule has 0 amide bonds. The minimum absolute atomic E-state index is 0.508. The van der Waals surface area contributed by atoms with Crippen molar-refractivity contribution in [3.05, 3.63) is 38.5 Å². The summed E-state index contributed by atoms with van der Waals surface area (Å²) in [5.41, 5.74) is 3.15. The lowest BCUT2D eigenvalue weighted by Gasteiger charge is -2.14. The molecule has 1 atom stereocenters. The van der Waals surface area contributed by atoms with Gasteiger partial charge < -0.3 is 5.11 Å². The molecule has 19 heavy (non-hydrogen) atoms. The van der Waals surface area contributed by atoms with Crippen LogP contribution >= 0.6 is 22.9 Å². The molecule has 0 aliphatic rings. The highest BCUT2D eigenvalue weighted by Crippen LogP contribution is 2.17. The number of aliphatic carboxylic acids is 1. The molecule has 2 N–H and O–H groups in total. The molecule has 0 bridgehead atoms. The fourth-order valence-electron chi connectivity index (χ4n) is 1.87. The van der Waals surface area contributed by atoms with Crippen LogP contribution in [0.25, 0.3) is 0 Å². The SMILES string of the molecule is Cc1nsc(C)c1CNC(Cc1ccsc1)C(=O)O. The van der Waals surface area contributed by atoms with Gasteiger partial charge in [0.25, 0.3) is 0 Å². The van der Waals surface area contributed by atoms with Gasteiger partial charge in [0.1, 0.15) is 6.04 Å². The van der Waals surface area contributed by atoms with E-state index in [2.05, 4.69) is 9.69 Å². The highest BCUT2D eigenvalue weighted by molar-refractivity contribution is 7.08. The molecule has 0 aliphatic carbocycles. The average molecular weight is 296 g/mol. The number of carboxylic acid groups (broad SMARTS) is 1. The van der Waals surface area contributed by atoms with Gasteiger partial charge in [-0.1, -0.05) is 0 Å². The van der Waals surface area contributed by atoms with Crippen LogP contribution in [0, 0.1) is 13.8 Å². The molecule has 0 radical (unpaired) electrons. The summed E-state index contributed by atoms with van der Waals surface area (Å²) in [4.78, 5) is 12.4. The highest BCUT2D eigenvalue weighted by atomic mass is 32.1. The van der Waals surface area contributed by atoms with E-state index in [9.17, 15) is 9.90 Å². The van der Waals surface area contributed by atoms with Crippen molar-refractivity contribution in [3.8, 4) is 0 Å². The molecule has 0 fully saturated rings. The molecule has 4 nitrogen and oxygen atoms in total. The number of carboxylic acids is 1. The summed E-state index contributed by atoms with van der Waals surface area (Å²) < 4.78 is 4.27. The van der Waals surface area contributed by atoms with E-state index in [4.69, 9.17) is 0 Å². The quantitative estimate of drug-likeness (QED) is 0.860. The van der Waals surface area contributed by atoms with Gasteiger partial charge in [-0.15, -0.1) is 0 Å². The van der Waals surface area contributed by atoms with Crippen LogP contribution in [0.3, 0.4) is 0 Å². The van der Waals surface area contributed by atoms with Gasteiger partial charge in [-0.3, -0.25) is 10.1 Å². The Morgan fingerprint density at radius 2 is 2.32 bits per heavy atom. The van der Waals surface area contributed by atoms with E-state index >= 15 is 0 Å². The molecule has 0 aromatic carbocycles. The fraction of sp³-hybridized carbons (Fsp3) is 0.385. The van der Waals surface area contributed by atoms with E-state index in [0.717, 1.165) is 21.7 Å². The third kappa shape index (κ3) is 3.62. The predicted molar refractivity (Wildman–Crippen MR) is 77.9 cm³/mol. The average Bonchev–Trinajstić information content (AvgIpc) is 2.97. The number of nitrogens with one attached hydrogen (secondary N) is 1. The zero-order valence-electron chi connectivity index (χ0n) is 10.8. The summed E-state index contributed by atoms with van der Waals surface area (Å²) in [6.07, 6.45) is 0.508. The van der Waals surface area contributed by atoms with Crippen LogP contribution in [0.5, 0.6) is 0 Å². The summed E-state index contributed by atoms with van der Waals surface area (Å²) in [6.45, 7) is 4.51. The topological polar surface area (TPSA) is 62.2 Å². The lowest BCUT2D eigenvalue weighted by atomic mass is 10.1. The molecule has 0 saturated carbocycles. The van der Waals surface area contributed by atoms with E-state index < -0.39 is 12.0 Å². The van der Waals surface area contributed by atoms with Gasteiger partial charge in [0, 0.05) is 17.0 Å². The molecule has 2 heterocycles. The summed E-state index contributed by atoms with van der Waals surface area (Å²) in [6, 6.07) is 1.40. The number of aryl methyl sites for hydroxylation is 2. The zero-order valence-corrected chi connectivity index (χ0v) is 12.5. The van der Waals surface area contributed by atoms with Crippen molar-refractivity contribution in [2.75, 3.05) is 0 Å².